The van der Waals surface area contributed by atoms with Crippen molar-refractivity contribution in [3.05, 3.63) is 73.1 Å². The number of hydrogen-bond acceptors (Lipinski definition) is 3. The Morgan fingerprint density at radius 3 is 2.28 bits per heavy atom. The van der Waals surface area contributed by atoms with Crippen LogP contribution in [-0.4, -0.2) is 25.9 Å². The molecule has 1 amide bonds. The molecule has 4 rings (SSSR count). The zero-order valence-electron chi connectivity index (χ0n) is 16.6. The monoisotopic (exact) mass is 389 g/mol. The van der Waals surface area contributed by atoms with Crippen LogP contribution in [-0.2, 0) is 4.74 Å². The first kappa shape index (κ1) is 18.7. The van der Waals surface area contributed by atoms with Crippen LogP contribution in [0.4, 0.5) is 10.5 Å². The van der Waals surface area contributed by atoms with Crippen LogP contribution in [0.3, 0.4) is 0 Å². The maximum absolute atomic E-state index is 12.6. The molecule has 2 N–H and O–H groups in total. The molecule has 0 fully saturated rings. The number of ether oxygens (including phenoxy) is 1. The second-order valence-electron chi connectivity index (χ2n) is 7.78. The number of rotatable bonds is 3. The number of anilines is 1. The van der Waals surface area contributed by atoms with Gasteiger partial charge in [-0.3, -0.25) is 9.88 Å². The van der Waals surface area contributed by atoms with E-state index in [1.54, 1.807) is 12.1 Å². The number of benzene rings is 2. The molecule has 148 valence electrons. The highest BCUT2D eigenvalue weighted by atomic mass is 16.6. The molecule has 4 aromatic rings. The molecule has 2 aromatic heterocycles. The average molecular weight is 389 g/mol. The smallest absolute Gasteiger partial charge is 0.412 e. The van der Waals surface area contributed by atoms with E-state index in [1.165, 1.54) is 0 Å². The van der Waals surface area contributed by atoms with Gasteiger partial charge in [0.05, 0.1) is 11.2 Å². The number of nitrogens with one attached hydrogen (secondary N) is 1. The van der Waals surface area contributed by atoms with E-state index in [1.807, 2.05) is 90.8 Å². The van der Waals surface area contributed by atoms with Crippen LogP contribution < -0.4 is 5.32 Å². The van der Waals surface area contributed by atoms with Crippen LogP contribution in [0.5, 0.6) is 5.75 Å². The van der Waals surface area contributed by atoms with Gasteiger partial charge in [-0.2, -0.15) is 0 Å². The number of aromatic hydroxyl groups is 1. The summed E-state index contributed by atoms with van der Waals surface area (Å²) in [5.41, 5.74) is 1.83. The first-order valence-corrected chi connectivity index (χ1v) is 9.40. The summed E-state index contributed by atoms with van der Waals surface area (Å²) in [5.74, 6) is 0.965. The van der Waals surface area contributed by atoms with Gasteiger partial charge in [-0.1, -0.05) is 18.2 Å². The second-order valence-corrected chi connectivity index (χ2v) is 7.78. The van der Waals surface area contributed by atoms with Crippen LogP contribution in [0.2, 0.25) is 0 Å². The van der Waals surface area contributed by atoms with Crippen LogP contribution in [0, 0.1) is 0 Å². The maximum Gasteiger partial charge on any atom is 0.412 e. The van der Waals surface area contributed by atoms with E-state index < -0.39 is 11.7 Å². The normalized spacial score (nSPS) is 11.6. The van der Waals surface area contributed by atoms with E-state index in [0.29, 0.717) is 5.69 Å². The van der Waals surface area contributed by atoms with Gasteiger partial charge in [-0.05, 0) is 63.2 Å². The van der Waals surface area contributed by atoms with Gasteiger partial charge in [0, 0.05) is 23.5 Å². The highest BCUT2D eigenvalue weighted by Gasteiger charge is 2.23. The van der Waals surface area contributed by atoms with Gasteiger partial charge in [-0.15, -0.1) is 0 Å². The minimum atomic E-state index is -0.604. The Kier molecular flexibility index (Phi) is 4.54. The SMILES string of the molecule is CC(C)(C)OC(=O)Nc1c(-n2cccc2)n(-c2ccc(O)cc2)c2ccccc12. The lowest BCUT2D eigenvalue weighted by molar-refractivity contribution is 0.0636. The van der Waals surface area contributed by atoms with Gasteiger partial charge < -0.3 is 14.4 Å². The number of nitrogens with zero attached hydrogens (tertiary/aromatic N) is 2. The quantitative estimate of drug-likeness (QED) is 0.488. The molecule has 29 heavy (non-hydrogen) atoms. The topological polar surface area (TPSA) is 68.4 Å². The predicted octanol–water partition coefficient (Wildman–Crippen LogP) is 5.47. The molecule has 0 aliphatic heterocycles. The Hall–Kier alpha value is -3.67. The number of hydrogen-bond donors (Lipinski definition) is 2. The lowest BCUT2D eigenvalue weighted by atomic mass is 10.2. The Labute approximate surface area is 169 Å². The van der Waals surface area contributed by atoms with Gasteiger partial charge in [0.15, 0.2) is 0 Å². The number of aromatic nitrogens is 2. The molecular weight excluding hydrogens is 366 g/mol. The number of phenolic OH excluding ortho intramolecular Hbond substituents is 1. The predicted molar refractivity (Wildman–Crippen MR) is 114 cm³/mol. The zero-order valence-corrected chi connectivity index (χ0v) is 16.6. The lowest BCUT2D eigenvalue weighted by Crippen LogP contribution is -2.27. The molecule has 0 aliphatic carbocycles. The van der Waals surface area contributed by atoms with E-state index in [9.17, 15) is 9.90 Å². The van der Waals surface area contributed by atoms with Crippen molar-refractivity contribution in [3.63, 3.8) is 0 Å². The largest absolute Gasteiger partial charge is 0.508 e. The fraction of sp³-hybridized carbons (Fsp3) is 0.174. The van der Waals surface area contributed by atoms with Crippen LogP contribution in [0.15, 0.2) is 73.1 Å². The van der Waals surface area contributed by atoms with Gasteiger partial charge >= 0.3 is 6.09 Å². The third-order valence-corrected chi connectivity index (χ3v) is 4.43. The molecule has 0 saturated heterocycles. The van der Waals surface area contributed by atoms with E-state index in [-0.39, 0.29) is 5.75 Å². The van der Waals surface area contributed by atoms with Crippen molar-refractivity contribution in [3.8, 4) is 17.3 Å². The first-order chi connectivity index (χ1) is 13.8. The number of carbonyl (C=O) groups is 1. The van der Waals surface area contributed by atoms with Crippen molar-refractivity contribution >= 4 is 22.7 Å². The molecule has 0 atom stereocenters. The summed E-state index contributed by atoms with van der Waals surface area (Å²) in [5, 5.41) is 13.5. The van der Waals surface area contributed by atoms with Crippen molar-refractivity contribution in [1.82, 2.24) is 9.13 Å². The summed E-state index contributed by atoms with van der Waals surface area (Å²) in [4.78, 5) is 12.6. The standard InChI is InChI=1S/C23H23N3O3/c1-23(2,3)29-22(28)24-20-18-8-4-5-9-19(18)26(16-10-12-17(27)13-11-16)21(20)25-14-6-7-15-25/h4-15,27H,1-3H3,(H,24,28). The number of phenols is 1. The molecule has 2 heterocycles. The fourth-order valence-electron chi connectivity index (χ4n) is 3.34. The van der Waals surface area contributed by atoms with Crippen molar-refractivity contribution in [2.24, 2.45) is 0 Å². The molecule has 0 spiro atoms. The molecule has 0 unspecified atom stereocenters. The minimum absolute atomic E-state index is 0.194. The Morgan fingerprint density at radius 1 is 0.966 bits per heavy atom. The lowest BCUT2D eigenvalue weighted by Gasteiger charge is -2.20. The van der Waals surface area contributed by atoms with Gasteiger partial charge in [0.25, 0.3) is 0 Å². The maximum atomic E-state index is 12.6. The Bertz CT molecular complexity index is 1150. The average Bonchev–Trinajstić information content (AvgIpc) is 3.28. The van der Waals surface area contributed by atoms with Crippen LogP contribution in [0.1, 0.15) is 20.8 Å². The Balaban J connectivity index is 1.96. The number of para-hydroxylation sites is 1. The Morgan fingerprint density at radius 2 is 1.62 bits per heavy atom. The van der Waals surface area contributed by atoms with Crippen molar-refractivity contribution in [2.75, 3.05) is 5.32 Å². The van der Waals surface area contributed by atoms with Crippen LogP contribution >= 0.6 is 0 Å². The van der Waals surface area contributed by atoms with Crippen molar-refractivity contribution in [2.45, 2.75) is 26.4 Å². The molecule has 6 nitrogen and oxygen atoms in total. The fourth-order valence-corrected chi connectivity index (χ4v) is 3.34. The molecular formula is C23H23N3O3. The highest BCUT2D eigenvalue weighted by Crippen LogP contribution is 2.37. The third-order valence-electron chi connectivity index (χ3n) is 4.43. The molecule has 6 heteroatoms. The van der Waals surface area contributed by atoms with Crippen molar-refractivity contribution in [1.29, 1.82) is 0 Å². The first-order valence-electron chi connectivity index (χ1n) is 9.40. The number of fused-ring (bicyclic) bond motifs is 1. The van der Waals surface area contributed by atoms with Gasteiger partial charge in [0.1, 0.15) is 17.2 Å². The van der Waals surface area contributed by atoms with Gasteiger partial charge in [-0.25, -0.2) is 4.79 Å². The summed E-state index contributed by atoms with van der Waals surface area (Å²) in [7, 11) is 0. The second kappa shape index (κ2) is 7.05. The van der Waals surface area contributed by atoms with Crippen LogP contribution in [0.25, 0.3) is 22.4 Å². The van der Waals surface area contributed by atoms with E-state index in [0.717, 1.165) is 22.4 Å². The minimum Gasteiger partial charge on any atom is -0.508 e. The summed E-state index contributed by atoms with van der Waals surface area (Å²) in [6.07, 6.45) is 3.33. The number of carbonyl (C=O) groups excluding carboxylic acids is 1. The van der Waals surface area contributed by atoms with E-state index in [2.05, 4.69) is 5.32 Å². The van der Waals surface area contributed by atoms with Crippen molar-refractivity contribution < 1.29 is 14.6 Å². The third kappa shape index (κ3) is 3.69. The highest BCUT2D eigenvalue weighted by molar-refractivity contribution is 6.05. The summed E-state index contributed by atoms with van der Waals surface area (Å²) in [6, 6.07) is 18.7. The van der Waals surface area contributed by atoms with E-state index >= 15 is 0 Å². The zero-order chi connectivity index (χ0) is 20.6. The molecule has 0 radical (unpaired) electrons. The number of amides is 1. The molecule has 0 saturated carbocycles. The molecule has 0 bridgehead atoms. The summed E-state index contributed by atoms with van der Waals surface area (Å²) >= 11 is 0. The van der Waals surface area contributed by atoms with E-state index in [4.69, 9.17) is 4.74 Å². The molecule has 0 aliphatic rings. The summed E-state index contributed by atoms with van der Waals surface area (Å²) in [6.45, 7) is 5.50. The molecule has 2 aromatic carbocycles. The van der Waals surface area contributed by atoms with Gasteiger partial charge in [0.2, 0.25) is 0 Å². The summed E-state index contributed by atoms with van der Waals surface area (Å²) < 4.78 is 9.48.